The van der Waals surface area contributed by atoms with Crippen molar-refractivity contribution in [2.75, 3.05) is 11.6 Å². The second-order valence-electron chi connectivity index (χ2n) is 4.21. The summed E-state index contributed by atoms with van der Waals surface area (Å²) in [6, 6.07) is 6.28. The molecule has 0 aliphatic carbocycles. The van der Waals surface area contributed by atoms with Gasteiger partial charge in [-0.3, -0.25) is 0 Å². The summed E-state index contributed by atoms with van der Waals surface area (Å²) in [6.07, 6.45) is 3.91. The predicted molar refractivity (Wildman–Crippen MR) is 82.1 cm³/mol. The van der Waals surface area contributed by atoms with E-state index in [-0.39, 0.29) is 0 Å². The van der Waals surface area contributed by atoms with E-state index in [1.165, 1.54) is 4.70 Å². The van der Waals surface area contributed by atoms with Gasteiger partial charge in [0.25, 0.3) is 0 Å². The Labute approximate surface area is 119 Å². The fourth-order valence-electron chi connectivity index (χ4n) is 1.86. The van der Waals surface area contributed by atoms with E-state index < -0.39 is 0 Å². The van der Waals surface area contributed by atoms with Crippen LogP contribution in [0.4, 0.5) is 5.69 Å². The number of anilines is 1. The molecular weight excluding hydrogens is 276 g/mol. The number of nitrogens with zero attached hydrogens (tertiary/aromatic N) is 2. The molecule has 1 aromatic carbocycles. The quantitative estimate of drug-likeness (QED) is 0.720. The Morgan fingerprint density at radius 2 is 2.32 bits per heavy atom. The van der Waals surface area contributed by atoms with Gasteiger partial charge in [0.05, 0.1) is 28.7 Å². The molecule has 2 heterocycles. The van der Waals surface area contributed by atoms with Gasteiger partial charge in [0.1, 0.15) is 5.82 Å². The fraction of sp³-hybridized carbons (Fsp3) is 0.231. The first kappa shape index (κ1) is 12.5. The van der Waals surface area contributed by atoms with Crippen molar-refractivity contribution in [3.63, 3.8) is 0 Å². The summed E-state index contributed by atoms with van der Waals surface area (Å²) in [5.41, 5.74) is 3.26. The summed E-state index contributed by atoms with van der Waals surface area (Å²) < 4.78 is 2.33. The van der Waals surface area contributed by atoms with Gasteiger partial charge in [0, 0.05) is 5.69 Å². The highest BCUT2D eigenvalue weighted by Crippen LogP contribution is 2.30. The number of imidazole rings is 1. The Hall–Kier alpha value is -1.53. The maximum atomic E-state index is 4.53. The van der Waals surface area contributed by atoms with E-state index in [1.807, 2.05) is 13.1 Å². The topological polar surface area (TPSA) is 53.6 Å². The molecule has 0 radical (unpaired) electrons. The van der Waals surface area contributed by atoms with Crippen molar-refractivity contribution in [1.82, 2.24) is 15.0 Å². The molecule has 98 valence electrons. The Morgan fingerprint density at radius 1 is 1.42 bits per heavy atom. The SMILES string of the molecule is CSc1nc2ccc(NCc3cnc(C)[nH]3)cc2s1. The van der Waals surface area contributed by atoms with Crippen LogP contribution in [-0.2, 0) is 6.54 Å². The summed E-state index contributed by atoms with van der Waals surface area (Å²) in [7, 11) is 0. The van der Waals surface area contributed by atoms with Crippen LogP contribution < -0.4 is 5.32 Å². The third kappa shape index (κ3) is 2.74. The van der Waals surface area contributed by atoms with Crippen molar-refractivity contribution in [1.29, 1.82) is 0 Å². The lowest BCUT2D eigenvalue weighted by Crippen LogP contribution is -1.99. The van der Waals surface area contributed by atoms with Gasteiger partial charge in [-0.05, 0) is 31.4 Å². The van der Waals surface area contributed by atoms with Gasteiger partial charge < -0.3 is 10.3 Å². The standard InChI is InChI=1S/C13H14N4S2/c1-8-14-6-10(16-8)7-15-9-3-4-11-12(5-9)19-13(17-11)18-2/h3-6,15H,7H2,1-2H3,(H,14,16). The zero-order chi connectivity index (χ0) is 13.2. The summed E-state index contributed by atoms with van der Waals surface area (Å²) in [4.78, 5) is 11.9. The van der Waals surface area contributed by atoms with Crippen LogP contribution in [0.1, 0.15) is 11.5 Å². The van der Waals surface area contributed by atoms with E-state index in [2.05, 4.69) is 44.7 Å². The van der Waals surface area contributed by atoms with Gasteiger partial charge in [-0.25, -0.2) is 9.97 Å². The molecular formula is C13H14N4S2. The van der Waals surface area contributed by atoms with Gasteiger partial charge in [-0.1, -0.05) is 11.8 Å². The highest BCUT2D eigenvalue weighted by molar-refractivity contribution is 8.00. The average molecular weight is 290 g/mol. The van der Waals surface area contributed by atoms with Crippen molar-refractivity contribution in [3.05, 3.63) is 35.9 Å². The van der Waals surface area contributed by atoms with Gasteiger partial charge in [-0.15, -0.1) is 11.3 Å². The Balaban J connectivity index is 1.77. The molecule has 0 saturated heterocycles. The first-order chi connectivity index (χ1) is 9.24. The lowest BCUT2D eigenvalue weighted by molar-refractivity contribution is 1.05. The van der Waals surface area contributed by atoms with Gasteiger partial charge in [0.15, 0.2) is 4.34 Å². The molecule has 0 saturated carbocycles. The number of aryl methyl sites for hydroxylation is 1. The molecule has 2 N–H and O–H groups in total. The molecule has 3 rings (SSSR count). The van der Waals surface area contributed by atoms with Gasteiger partial charge >= 0.3 is 0 Å². The van der Waals surface area contributed by atoms with E-state index in [1.54, 1.807) is 23.1 Å². The molecule has 0 amide bonds. The highest BCUT2D eigenvalue weighted by atomic mass is 32.2. The highest BCUT2D eigenvalue weighted by Gasteiger charge is 2.04. The molecule has 0 fully saturated rings. The van der Waals surface area contributed by atoms with Crippen molar-refractivity contribution in [3.8, 4) is 0 Å². The number of nitrogens with one attached hydrogen (secondary N) is 2. The fourth-order valence-corrected chi connectivity index (χ4v) is 3.39. The number of benzene rings is 1. The maximum absolute atomic E-state index is 4.53. The average Bonchev–Trinajstić information content (AvgIpc) is 3.01. The number of rotatable bonds is 4. The van der Waals surface area contributed by atoms with Gasteiger partial charge in [-0.2, -0.15) is 0 Å². The molecule has 0 spiro atoms. The monoisotopic (exact) mass is 290 g/mol. The van der Waals surface area contributed by atoms with Crippen molar-refractivity contribution >= 4 is 39.0 Å². The number of aromatic nitrogens is 3. The molecule has 19 heavy (non-hydrogen) atoms. The number of fused-ring (bicyclic) bond motifs is 1. The van der Waals surface area contributed by atoms with E-state index in [4.69, 9.17) is 0 Å². The maximum Gasteiger partial charge on any atom is 0.150 e. The smallest absolute Gasteiger partial charge is 0.150 e. The Morgan fingerprint density at radius 3 is 3.05 bits per heavy atom. The number of hydrogen-bond acceptors (Lipinski definition) is 5. The number of hydrogen-bond donors (Lipinski definition) is 2. The summed E-state index contributed by atoms with van der Waals surface area (Å²) in [5.74, 6) is 0.944. The summed E-state index contributed by atoms with van der Waals surface area (Å²) in [6.45, 7) is 2.71. The number of thiazole rings is 1. The van der Waals surface area contributed by atoms with E-state index in [0.29, 0.717) is 0 Å². The molecule has 0 atom stereocenters. The second kappa shape index (κ2) is 5.22. The van der Waals surface area contributed by atoms with Crippen LogP contribution in [0.2, 0.25) is 0 Å². The largest absolute Gasteiger partial charge is 0.379 e. The lowest BCUT2D eigenvalue weighted by atomic mass is 10.3. The van der Waals surface area contributed by atoms with Crippen LogP contribution in [0.5, 0.6) is 0 Å². The Bertz CT molecular complexity index is 702. The number of H-pyrrole nitrogens is 1. The van der Waals surface area contributed by atoms with Crippen molar-refractivity contribution in [2.24, 2.45) is 0 Å². The molecule has 0 aliphatic heterocycles. The number of thioether (sulfide) groups is 1. The van der Waals surface area contributed by atoms with Crippen LogP contribution in [0.3, 0.4) is 0 Å². The van der Waals surface area contributed by atoms with Crippen LogP contribution in [0, 0.1) is 6.92 Å². The minimum Gasteiger partial charge on any atom is -0.379 e. The van der Waals surface area contributed by atoms with Crippen LogP contribution in [0.25, 0.3) is 10.2 Å². The normalized spacial score (nSPS) is 11.1. The Kier molecular flexibility index (Phi) is 3.44. The van der Waals surface area contributed by atoms with Crippen molar-refractivity contribution < 1.29 is 0 Å². The second-order valence-corrected chi connectivity index (χ2v) is 6.30. The molecule has 2 aromatic heterocycles. The molecule has 4 nitrogen and oxygen atoms in total. The molecule has 0 bridgehead atoms. The lowest BCUT2D eigenvalue weighted by Gasteiger charge is -2.04. The minimum absolute atomic E-state index is 0.751. The van der Waals surface area contributed by atoms with E-state index >= 15 is 0 Å². The zero-order valence-electron chi connectivity index (χ0n) is 10.7. The minimum atomic E-state index is 0.751. The number of aromatic amines is 1. The molecule has 0 unspecified atom stereocenters. The molecule has 0 aliphatic rings. The third-order valence-corrected chi connectivity index (χ3v) is 4.79. The van der Waals surface area contributed by atoms with Crippen molar-refractivity contribution in [2.45, 2.75) is 17.8 Å². The van der Waals surface area contributed by atoms with E-state index in [0.717, 1.165) is 33.6 Å². The summed E-state index contributed by atoms with van der Waals surface area (Å²) >= 11 is 3.42. The predicted octanol–water partition coefficient (Wildman–Crippen LogP) is 3.66. The van der Waals surface area contributed by atoms with Crippen LogP contribution in [0.15, 0.2) is 28.7 Å². The van der Waals surface area contributed by atoms with Crippen LogP contribution >= 0.6 is 23.1 Å². The molecule has 3 aromatic rings. The van der Waals surface area contributed by atoms with Crippen LogP contribution in [-0.4, -0.2) is 21.2 Å². The first-order valence-corrected chi connectivity index (χ1v) is 7.97. The molecule has 6 heteroatoms. The first-order valence-electron chi connectivity index (χ1n) is 5.93. The van der Waals surface area contributed by atoms with E-state index in [9.17, 15) is 0 Å². The van der Waals surface area contributed by atoms with Gasteiger partial charge in [0.2, 0.25) is 0 Å². The third-order valence-electron chi connectivity index (χ3n) is 2.78. The summed E-state index contributed by atoms with van der Waals surface area (Å²) in [5, 5.41) is 3.39. The zero-order valence-corrected chi connectivity index (χ0v) is 12.4.